The molecule has 0 saturated heterocycles. The highest BCUT2D eigenvalue weighted by molar-refractivity contribution is 7.84. The van der Waals surface area contributed by atoms with Crippen molar-refractivity contribution in [1.29, 1.82) is 0 Å². The summed E-state index contributed by atoms with van der Waals surface area (Å²) in [6, 6.07) is 0. The Morgan fingerprint density at radius 3 is 3.00 bits per heavy atom. The van der Waals surface area contributed by atoms with Crippen molar-refractivity contribution in [3.63, 3.8) is 0 Å². The Labute approximate surface area is 94.0 Å². The van der Waals surface area contributed by atoms with Gasteiger partial charge in [-0.3, -0.25) is 4.21 Å². The third-order valence-electron chi connectivity index (χ3n) is 1.65. The summed E-state index contributed by atoms with van der Waals surface area (Å²) in [6.07, 6.45) is 0. The van der Waals surface area contributed by atoms with Gasteiger partial charge in [0.05, 0.1) is 0 Å². The van der Waals surface area contributed by atoms with Crippen LogP contribution in [0, 0.1) is 0 Å². The van der Waals surface area contributed by atoms with Crippen LogP contribution in [0.5, 0.6) is 0 Å². The van der Waals surface area contributed by atoms with E-state index in [2.05, 4.69) is 10.3 Å². The first-order valence-corrected chi connectivity index (χ1v) is 6.78. The van der Waals surface area contributed by atoms with Crippen molar-refractivity contribution >= 4 is 33.2 Å². The van der Waals surface area contributed by atoms with E-state index in [4.69, 9.17) is 5.11 Å². The van der Waals surface area contributed by atoms with Crippen molar-refractivity contribution in [2.75, 3.05) is 23.4 Å². The highest BCUT2D eigenvalue weighted by Gasteiger charge is 2.07. The van der Waals surface area contributed by atoms with Crippen molar-refractivity contribution in [2.24, 2.45) is 0 Å². The van der Waals surface area contributed by atoms with Crippen molar-refractivity contribution in [3.8, 4) is 0 Å². The SMILES string of the molecule is CCS(=O)CCNc1nc(C(=O)O)cs1. The first-order chi connectivity index (χ1) is 7.13. The van der Waals surface area contributed by atoms with Gasteiger partial charge in [-0.25, -0.2) is 9.78 Å². The number of thiazole rings is 1. The van der Waals surface area contributed by atoms with Gasteiger partial charge in [-0.05, 0) is 0 Å². The quantitative estimate of drug-likeness (QED) is 0.785. The first kappa shape index (κ1) is 12.1. The van der Waals surface area contributed by atoms with E-state index in [1.807, 2.05) is 6.92 Å². The zero-order valence-corrected chi connectivity index (χ0v) is 9.86. The third kappa shape index (κ3) is 3.96. The fourth-order valence-corrected chi connectivity index (χ4v) is 2.20. The van der Waals surface area contributed by atoms with Gasteiger partial charge in [-0.15, -0.1) is 11.3 Å². The maximum Gasteiger partial charge on any atom is 0.355 e. The number of rotatable bonds is 6. The van der Waals surface area contributed by atoms with Crippen LogP contribution in [0.15, 0.2) is 5.38 Å². The molecule has 5 nitrogen and oxygen atoms in total. The number of nitrogens with zero attached hydrogens (tertiary/aromatic N) is 1. The Morgan fingerprint density at radius 2 is 2.47 bits per heavy atom. The van der Waals surface area contributed by atoms with Crippen LogP contribution < -0.4 is 5.32 Å². The molecule has 0 bridgehead atoms. The Balaban J connectivity index is 2.38. The average Bonchev–Trinajstić information content (AvgIpc) is 2.66. The summed E-state index contributed by atoms with van der Waals surface area (Å²) in [5.74, 6) is 0.162. The van der Waals surface area contributed by atoms with E-state index in [0.717, 1.165) is 0 Å². The second-order valence-electron chi connectivity index (χ2n) is 2.70. The van der Waals surface area contributed by atoms with Crippen molar-refractivity contribution in [2.45, 2.75) is 6.92 Å². The van der Waals surface area contributed by atoms with Gasteiger partial charge in [0, 0.05) is 34.2 Å². The molecule has 0 saturated carbocycles. The van der Waals surface area contributed by atoms with Crippen LogP contribution in [0.3, 0.4) is 0 Å². The molecule has 0 amide bonds. The molecule has 2 N–H and O–H groups in total. The van der Waals surface area contributed by atoms with Crippen molar-refractivity contribution in [3.05, 3.63) is 11.1 Å². The molecular weight excluding hydrogens is 236 g/mol. The third-order valence-corrected chi connectivity index (χ3v) is 3.75. The normalized spacial score (nSPS) is 12.3. The molecule has 84 valence electrons. The van der Waals surface area contributed by atoms with Gasteiger partial charge in [-0.2, -0.15) is 0 Å². The van der Waals surface area contributed by atoms with Crippen LogP contribution in [0.4, 0.5) is 5.13 Å². The summed E-state index contributed by atoms with van der Waals surface area (Å²) >= 11 is 1.24. The lowest BCUT2D eigenvalue weighted by atomic mass is 10.5. The number of hydrogen-bond donors (Lipinski definition) is 2. The van der Waals surface area contributed by atoms with Crippen LogP contribution in [0.25, 0.3) is 0 Å². The van der Waals surface area contributed by atoms with Gasteiger partial charge < -0.3 is 10.4 Å². The molecule has 7 heteroatoms. The molecule has 1 heterocycles. The van der Waals surface area contributed by atoms with Crippen molar-refractivity contribution < 1.29 is 14.1 Å². The maximum absolute atomic E-state index is 11.1. The largest absolute Gasteiger partial charge is 0.476 e. The first-order valence-electron chi connectivity index (χ1n) is 4.41. The summed E-state index contributed by atoms with van der Waals surface area (Å²) in [4.78, 5) is 14.4. The minimum absolute atomic E-state index is 0.0408. The van der Waals surface area contributed by atoms with Gasteiger partial charge in [0.2, 0.25) is 0 Å². The summed E-state index contributed by atoms with van der Waals surface area (Å²) < 4.78 is 11.1. The highest BCUT2D eigenvalue weighted by Crippen LogP contribution is 2.14. The lowest BCUT2D eigenvalue weighted by Crippen LogP contribution is -2.12. The molecule has 0 spiro atoms. The molecule has 1 unspecified atom stereocenters. The summed E-state index contributed by atoms with van der Waals surface area (Å²) in [5, 5.41) is 13.6. The second kappa shape index (κ2) is 5.82. The molecular formula is C8H12N2O3S2. The molecule has 0 aromatic carbocycles. The zero-order chi connectivity index (χ0) is 11.3. The smallest absolute Gasteiger partial charge is 0.355 e. The molecule has 0 fully saturated rings. The Morgan fingerprint density at radius 1 is 1.73 bits per heavy atom. The molecule has 1 aromatic heterocycles. The molecule has 0 aliphatic rings. The number of carbonyl (C=O) groups is 1. The van der Waals surface area contributed by atoms with E-state index in [-0.39, 0.29) is 5.69 Å². The Kier molecular flexibility index (Phi) is 4.70. The van der Waals surface area contributed by atoms with Gasteiger partial charge in [0.25, 0.3) is 0 Å². The fraction of sp³-hybridized carbons (Fsp3) is 0.500. The highest BCUT2D eigenvalue weighted by atomic mass is 32.2. The lowest BCUT2D eigenvalue weighted by Gasteiger charge is -2.00. The van der Waals surface area contributed by atoms with Crippen molar-refractivity contribution in [1.82, 2.24) is 4.98 Å². The second-order valence-corrected chi connectivity index (χ2v) is 5.43. The fourth-order valence-electron chi connectivity index (χ4n) is 0.869. The summed E-state index contributed by atoms with van der Waals surface area (Å²) in [6.45, 7) is 2.41. The maximum atomic E-state index is 11.1. The number of carboxylic acid groups (broad SMARTS) is 1. The number of carboxylic acids is 1. The van der Waals surface area contributed by atoms with Gasteiger partial charge in [-0.1, -0.05) is 6.92 Å². The van der Waals surface area contributed by atoms with Gasteiger partial charge in [0.1, 0.15) is 0 Å². The molecule has 1 rings (SSSR count). The molecule has 15 heavy (non-hydrogen) atoms. The van der Waals surface area contributed by atoms with Crippen LogP contribution >= 0.6 is 11.3 Å². The van der Waals surface area contributed by atoms with E-state index in [1.54, 1.807) is 0 Å². The van der Waals surface area contributed by atoms with E-state index in [0.29, 0.717) is 23.2 Å². The van der Waals surface area contributed by atoms with Crippen LogP contribution in [-0.4, -0.2) is 38.3 Å². The Hall–Kier alpha value is -0.950. The standard InChI is InChI=1S/C8H12N2O3S2/c1-2-15(13)4-3-9-8-10-6(5-14-8)7(11)12/h5H,2-4H2,1H3,(H,9,10)(H,11,12). The molecule has 0 radical (unpaired) electrons. The number of aromatic carboxylic acids is 1. The van der Waals surface area contributed by atoms with E-state index >= 15 is 0 Å². The molecule has 0 aliphatic heterocycles. The predicted molar refractivity (Wildman–Crippen MR) is 61.1 cm³/mol. The van der Waals surface area contributed by atoms with E-state index < -0.39 is 16.8 Å². The average molecular weight is 248 g/mol. The van der Waals surface area contributed by atoms with Crippen LogP contribution in [-0.2, 0) is 10.8 Å². The zero-order valence-electron chi connectivity index (χ0n) is 8.23. The number of nitrogens with one attached hydrogen (secondary N) is 1. The molecule has 0 aliphatic carbocycles. The molecule has 1 atom stereocenters. The summed E-state index contributed by atoms with van der Waals surface area (Å²) in [7, 11) is -0.805. The monoisotopic (exact) mass is 248 g/mol. The van der Waals surface area contributed by atoms with Crippen LogP contribution in [0.2, 0.25) is 0 Å². The minimum atomic E-state index is -1.03. The Bertz CT molecular complexity index is 365. The van der Waals surface area contributed by atoms with Gasteiger partial charge >= 0.3 is 5.97 Å². The van der Waals surface area contributed by atoms with Crippen LogP contribution in [0.1, 0.15) is 17.4 Å². The minimum Gasteiger partial charge on any atom is -0.476 e. The van der Waals surface area contributed by atoms with Gasteiger partial charge in [0.15, 0.2) is 10.8 Å². The predicted octanol–water partition coefficient (Wildman–Crippen LogP) is 1.02. The van der Waals surface area contributed by atoms with E-state index in [9.17, 15) is 9.00 Å². The van der Waals surface area contributed by atoms with E-state index in [1.165, 1.54) is 16.7 Å². The summed E-state index contributed by atoms with van der Waals surface area (Å²) in [5.41, 5.74) is 0.0408. The topological polar surface area (TPSA) is 79.3 Å². The lowest BCUT2D eigenvalue weighted by molar-refractivity contribution is 0.0691. The number of hydrogen-bond acceptors (Lipinski definition) is 5. The molecule has 1 aromatic rings. The number of anilines is 1. The number of aromatic nitrogens is 1.